The average molecular weight is 1280 g/mol. The van der Waals surface area contributed by atoms with Gasteiger partial charge < -0.3 is 28.3 Å². The van der Waals surface area contributed by atoms with E-state index in [2.05, 4.69) is 298 Å². The van der Waals surface area contributed by atoms with Gasteiger partial charge in [-0.15, -0.1) is 0 Å². The van der Waals surface area contributed by atoms with Gasteiger partial charge in [-0.2, -0.15) is 0 Å². The summed E-state index contributed by atoms with van der Waals surface area (Å²) in [6, 6.07) is 119. The Morgan fingerprint density at radius 3 is 0.979 bits per heavy atom. The van der Waals surface area contributed by atoms with Crippen LogP contribution in [0.15, 0.2) is 344 Å². The van der Waals surface area contributed by atoms with Crippen molar-refractivity contribution < 1.29 is 19.2 Å². The van der Waals surface area contributed by atoms with Crippen LogP contribution in [0.3, 0.4) is 0 Å². The van der Waals surface area contributed by atoms with E-state index in [9.17, 15) is 0 Å². The molecule has 6 nitrogen and oxygen atoms in total. The molecule has 0 spiro atoms. The van der Waals surface area contributed by atoms with Gasteiger partial charge in [-0.05, 0) is 157 Å². The van der Waals surface area contributed by atoms with Crippen LogP contribution in [0.5, 0.6) is 17.2 Å². The molecule has 94 heavy (non-hydrogen) atoms. The van der Waals surface area contributed by atoms with Gasteiger partial charge in [0, 0.05) is 43.0 Å². The van der Waals surface area contributed by atoms with Crippen molar-refractivity contribution in [3.63, 3.8) is 0 Å². The van der Waals surface area contributed by atoms with Crippen molar-refractivity contribution in [2.45, 2.75) is 0 Å². The second kappa shape index (κ2) is 27.6. The predicted octanol–water partition coefficient (Wildman–Crippen LogP) is 22.6. The first-order valence-corrected chi connectivity index (χ1v) is 32.0. The van der Waals surface area contributed by atoms with Crippen LogP contribution in [0.2, 0.25) is 0 Å². The van der Waals surface area contributed by atoms with Gasteiger partial charge in [0.15, 0.2) is 0 Å². The average Bonchev–Trinajstić information content (AvgIpc) is 1.59. The normalized spacial score (nSPS) is 11.0. The molecule has 14 aromatic carbocycles. The summed E-state index contributed by atoms with van der Waals surface area (Å²) in [5.41, 5.74) is 23.3. The smallest absolute Gasteiger partial charge is 0.537 e. The van der Waals surface area contributed by atoms with Gasteiger partial charge in [-0.3, -0.25) is 0 Å². The van der Waals surface area contributed by atoms with E-state index < -0.39 is 0 Å². The molecule has 2 heterocycles. The van der Waals surface area contributed by atoms with Crippen molar-refractivity contribution >= 4 is 67.2 Å². The molecule has 16 rings (SSSR count). The second-order valence-electron chi connectivity index (χ2n) is 22.8. The van der Waals surface area contributed by atoms with E-state index in [4.69, 9.17) is 19.2 Å². The minimum Gasteiger partial charge on any atom is -0.537 e. The number of aromatic nitrogens is 2. The lowest BCUT2D eigenvalue weighted by Crippen LogP contribution is -2.00. The number of rotatable bonds is 13. The first-order valence-electron chi connectivity index (χ1n) is 31.3. The molecule has 8 heteroatoms. The first kappa shape index (κ1) is 60.2. The lowest BCUT2D eigenvalue weighted by atomic mass is 9.93. The number of hydrogen-bond acceptors (Lipinski definition) is 4. The minimum atomic E-state index is 0.645. The van der Waals surface area contributed by atoms with E-state index in [1.165, 1.54) is 93.7 Å². The third-order valence-electron chi connectivity index (χ3n) is 17.2. The molecule has 0 aliphatic rings. The molecular weight excluding hydrogens is 1220 g/mol. The van der Waals surface area contributed by atoms with Crippen LogP contribution in [0, 0.1) is 0 Å². The molecule has 0 saturated heterocycles. The van der Waals surface area contributed by atoms with Gasteiger partial charge in [0.25, 0.3) is 0 Å². The van der Waals surface area contributed by atoms with Gasteiger partial charge in [-0.25, -0.2) is 0 Å². The molecule has 0 amide bonds. The number of benzene rings is 14. The number of nitrogens with zero attached hydrogens (tertiary/aromatic N) is 2. The van der Waals surface area contributed by atoms with Crippen molar-refractivity contribution in [1.29, 1.82) is 0 Å². The second-order valence-corrected chi connectivity index (χ2v) is 23.7. The van der Waals surface area contributed by atoms with Crippen LogP contribution in [0.1, 0.15) is 0 Å². The zero-order chi connectivity index (χ0) is 63.7. The van der Waals surface area contributed by atoms with Crippen molar-refractivity contribution in [2.24, 2.45) is 0 Å². The highest BCUT2D eigenvalue weighted by atomic mass is 79.9. The Hall–Kier alpha value is -11.4. The van der Waals surface area contributed by atoms with Crippen LogP contribution in [-0.2, 0) is 0 Å². The van der Waals surface area contributed by atoms with Crippen molar-refractivity contribution in [2.75, 3.05) is 14.2 Å². The maximum Gasteiger partial charge on any atom is 0.569 e. The van der Waals surface area contributed by atoms with Crippen molar-refractivity contribution in [1.82, 2.24) is 9.13 Å². The Balaban J connectivity index is 0.000000137. The van der Waals surface area contributed by atoms with Gasteiger partial charge in [0.1, 0.15) is 17.2 Å². The van der Waals surface area contributed by atoms with E-state index in [1.807, 2.05) is 66.7 Å². The molecule has 0 bridgehead atoms. The lowest BCUT2D eigenvalue weighted by Gasteiger charge is -2.14. The Labute approximate surface area is 556 Å². The Kier molecular flexibility index (Phi) is 17.7. The zero-order valence-corrected chi connectivity index (χ0v) is 53.4. The molecule has 2 aromatic heterocycles. The molecular formula is C86H63BBrN2O4. The van der Waals surface area contributed by atoms with Crippen molar-refractivity contribution in [3.8, 4) is 107 Å². The monoisotopic (exact) mass is 1280 g/mol. The molecule has 0 saturated carbocycles. The fourth-order valence-corrected chi connectivity index (χ4v) is 13.2. The summed E-state index contributed by atoms with van der Waals surface area (Å²) in [5.74, 6) is 2.35. The molecule has 0 unspecified atom stereocenters. The zero-order valence-electron chi connectivity index (χ0n) is 51.9. The summed E-state index contributed by atoms with van der Waals surface area (Å²) in [6.07, 6.45) is 0. The summed E-state index contributed by atoms with van der Waals surface area (Å²) in [5, 5.41) is 13.6. The number of ether oxygens (including phenoxy) is 2. The van der Waals surface area contributed by atoms with E-state index in [1.54, 1.807) is 14.2 Å². The van der Waals surface area contributed by atoms with Crippen LogP contribution in [-0.4, -0.2) is 36.1 Å². The molecule has 0 atom stereocenters. The Morgan fingerprint density at radius 2 is 0.585 bits per heavy atom. The maximum atomic E-state index is 8.64. The maximum absolute atomic E-state index is 8.64. The standard InChI is InChI=1S/C43H31NO.C31H22BrNO.C12H10BO2/c1-45-35-23-26-38(41(29-35)31-15-7-3-8-16-31)33-22-25-40-39-24-21-32(37-20-12-11-19-36(37)30-13-5-2-6-14-30)27-42(39)44(43(40)28-33)34-17-9-4-10-18-34;1-34-25-14-17-26(29(20-25)21-8-4-2-5-9-21)22-12-15-27-28-16-13-23(32)19-31(28)33(30(27)18-22)24-10-6-3-7-11-24;14-13-15-12-9-5-4-8-11(12)10-6-2-1-3-7-10/h2-29H,1H3;2-20H,1H3;1-9,14H. The summed E-state index contributed by atoms with van der Waals surface area (Å²) in [6.45, 7) is 0. The van der Waals surface area contributed by atoms with Gasteiger partial charge in [0.2, 0.25) is 0 Å². The van der Waals surface area contributed by atoms with E-state index in [-0.39, 0.29) is 0 Å². The van der Waals surface area contributed by atoms with E-state index >= 15 is 0 Å². The van der Waals surface area contributed by atoms with E-state index in [0.717, 1.165) is 55.2 Å². The largest absolute Gasteiger partial charge is 0.569 e. The Morgan fingerprint density at radius 1 is 0.277 bits per heavy atom. The highest BCUT2D eigenvalue weighted by Gasteiger charge is 2.20. The molecule has 0 fully saturated rings. The third kappa shape index (κ3) is 12.3. The third-order valence-corrected chi connectivity index (χ3v) is 17.7. The number of methoxy groups -OCH3 is 2. The first-order chi connectivity index (χ1) is 46.4. The summed E-state index contributed by atoms with van der Waals surface area (Å²) in [4.78, 5) is 0. The summed E-state index contributed by atoms with van der Waals surface area (Å²) in [7, 11) is 4.13. The Bertz CT molecular complexity index is 5290. The molecule has 1 radical (unpaired) electrons. The molecule has 0 aliphatic heterocycles. The quantitative estimate of drug-likeness (QED) is 0.117. The SMILES string of the molecule is COc1ccc(-c2ccc3c4ccc(-c5ccccc5-c5ccccc5)cc4n(-c4ccccc4)c3c2)c(-c2ccccc2)c1.COc1ccc(-c2ccc3c4ccc(Br)cc4n(-c4ccccc4)c3c2)c(-c2ccccc2)c1.O[B]Oc1ccccc1-c1ccccc1. The highest BCUT2D eigenvalue weighted by Crippen LogP contribution is 2.44. The van der Waals surface area contributed by atoms with Crippen LogP contribution >= 0.6 is 15.9 Å². The van der Waals surface area contributed by atoms with Gasteiger partial charge in [-0.1, -0.05) is 271 Å². The molecule has 1 N–H and O–H groups in total. The fourth-order valence-electron chi connectivity index (χ4n) is 12.8. The molecule has 0 aliphatic carbocycles. The fraction of sp³-hybridized carbons (Fsp3) is 0.0233. The minimum absolute atomic E-state index is 0.645. The lowest BCUT2D eigenvalue weighted by molar-refractivity contribution is 0.415. The topological polar surface area (TPSA) is 57.8 Å². The predicted molar refractivity (Wildman–Crippen MR) is 395 cm³/mol. The van der Waals surface area contributed by atoms with Crippen LogP contribution in [0.25, 0.3) is 133 Å². The van der Waals surface area contributed by atoms with Gasteiger partial charge in [0.05, 0.1) is 36.3 Å². The van der Waals surface area contributed by atoms with Crippen LogP contribution in [0.4, 0.5) is 0 Å². The van der Waals surface area contributed by atoms with Gasteiger partial charge >= 0.3 is 7.69 Å². The number of fused-ring (bicyclic) bond motifs is 6. The molecule has 16 aromatic rings. The summed E-state index contributed by atoms with van der Waals surface area (Å²) < 4.78 is 22.0. The number of halogens is 1. The molecule has 451 valence electrons. The number of hydrogen-bond donors (Lipinski definition) is 1. The number of para-hydroxylation sites is 3. The highest BCUT2D eigenvalue weighted by molar-refractivity contribution is 9.10. The van der Waals surface area contributed by atoms with Crippen LogP contribution < -0.4 is 14.1 Å². The van der Waals surface area contributed by atoms with E-state index in [0.29, 0.717) is 13.4 Å². The van der Waals surface area contributed by atoms with Crippen molar-refractivity contribution in [3.05, 3.63) is 344 Å². The summed E-state index contributed by atoms with van der Waals surface area (Å²) >= 11 is 3.67.